The summed E-state index contributed by atoms with van der Waals surface area (Å²) >= 11 is 5.89. The van der Waals surface area contributed by atoms with Gasteiger partial charge in [-0.15, -0.1) is 0 Å². The lowest BCUT2D eigenvalue weighted by molar-refractivity contribution is 0.424. The van der Waals surface area contributed by atoms with E-state index in [0.717, 1.165) is 0 Å². The van der Waals surface area contributed by atoms with Crippen molar-refractivity contribution < 1.29 is 4.42 Å². The first-order valence-corrected chi connectivity index (χ1v) is 5.06. The zero-order valence-corrected chi connectivity index (χ0v) is 9.21. The largest absolute Gasteiger partial charge is 0.408 e. The number of hydrogen-bond donors (Lipinski definition) is 0. The molecule has 0 N–H and O–H groups in total. The van der Waals surface area contributed by atoms with Crippen molar-refractivity contribution in [3.8, 4) is 0 Å². The van der Waals surface area contributed by atoms with Crippen LogP contribution in [0.1, 0.15) is 25.7 Å². The molecule has 0 unspecified atom stereocenters. The van der Waals surface area contributed by atoms with Crippen LogP contribution in [0.2, 0.25) is 5.02 Å². The maximum atomic E-state index is 11.6. The van der Waals surface area contributed by atoms with Gasteiger partial charge in [0.1, 0.15) is 5.39 Å². The van der Waals surface area contributed by atoms with Crippen LogP contribution < -0.4 is 5.63 Å². The third kappa shape index (κ3) is 1.75. The lowest BCUT2D eigenvalue weighted by Crippen LogP contribution is -2.06. The van der Waals surface area contributed by atoms with Gasteiger partial charge in [-0.3, -0.25) is 0 Å². The molecule has 0 aliphatic rings. The van der Waals surface area contributed by atoms with E-state index >= 15 is 0 Å². The molecule has 0 spiro atoms. The van der Waals surface area contributed by atoms with Crippen LogP contribution in [-0.2, 0) is 0 Å². The summed E-state index contributed by atoms with van der Waals surface area (Å²) in [4.78, 5) is 15.9. The number of fused-ring (bicyclic) bond motifs is 1. The van der Waals surface area contributed by atoms with Gasteiger partial charge in [0, 0.05) is 5.92 Å². The highest BCUT2D eigenvalue weighted by atomic mass is 35.5. The van der Waals surface area contributed by atoms with Gasteiger partial charge in [-0.25, -0.2) is 9.78 Å². The average Bonchev–Trinajstić information content (AvgIpc) is 2.17. The molecule has 0 bridgehead atoms. The van der Waals surface area contributed by atoms with E-state index in [9.17, 15) is 4.79 Å². The molecule has 0 aliphatic heterocycles. The smallest absolute Gasteiger partial charge is 0.348 e. The second-order valence-corrected chi connectivity index (χ2v) is 4.04. The summed E-state index contributed by atoms with van der Waals surface area (Å²) in [5, 5.41) is 0.729. The first-order chi connectivity index (χ1) is 7.09. The summed E-state index contributed by atoms with van der Waals surface area (Å²) in [5.74, 6) is 0.524. The fourth-order valence-electron chi connectivity index (χ4n) is 1.34. The minimum absolute atomic E-state index is 0.0843. The monoisotopic (exact) mass is 223 g/mol. The Labute approximate surface area is 91.7 Å². The van der Waals surface area contributed by atoms with Gasteiger partial charge in [0.05, 0.1) is 10.5 Å². The average molecular weight is 224 g/mol. The molecule has 78 valence electrons. The predicted octanol–water partition coefficient (Wildman–Crippen LogP) is 2.96. The van der Waals surface area contributed by atoms with Crippen molar-refractivity contribution in [1.29, 1.82) is 0 Å². The summed E-state index contributed by atoms with van der Waals surface area (Å²) in [6.45, 7) is 3.84. The van der Waals surface area contributed by atoms with Crippen LogP contribution >= 0.6 is 11.6 Å². The van der Waals surface area contributed by atoms with E-state index < -0.39 is 5.63 Å². The normalized spacial score (nSPS) is 11.2. The van der Waals surface area contributed by atoms with Crippen LogP contribution in [0.3, 0.4) is 0 Å². The van der Waals surface area contributed by atoms with Crippen molar-refractivity contribution in [2.75, 3.05) is 0 Å². The second kappa shape index (κ2) is 3.66. The lowest BCUT2D eigenvalue weighted by Gasteiger charge is -2.04. The molecule has 0 fully saturated rings. The lowest BCUT2D eigenvalue weighted by atomic mass is 10.2. The minimum atomic E-state index is -0.422. The van der Waals surface area contributed by atoms with E-state index in [-0.39, 0.29) is 5.92 Å². The maximum Gasteiger partial charge on any atom is 0.348 e. The van der Waals surface area contributed by atoms with Crippen LogP contribution in [-0.4, -0.2) is 4.98 Å². The molecular weight excluding hydrogens is 214 g/mol. The van der Waals surface area contributed by atoms with Crippen LogP contribution in [0.15, 0.2) is 27.4 Å². The fraction of sp³-hybridized carbons (Fsp3) is 0.273. The molecule has 1 aromatic carbocycles. The van der Waals surface area contributed by atoms with Crippen LogP contribution in [0, 0.1) is 0 Å². The summed E-state index contributed by atoms with van der Waals surface area (Å²) in [7, 11) is 0. The molecule has 0 saturated carbocycles. The highest BCUT2D eigenvalue weighted by molar-refractivity contribution is 6.35. The van der Waals surface area contributed by atoms with Gasteiger partial charge in [-0.1, -0.05) is 31.5 Å². The molecule has 0 radical (unpaired) electrons. The molecule has 15 heavy (non-hydrogen) atoms. The fourth-order valence-corrected chi connectivity index (χ4v) is 1.59. The first kappa shape index (κ1) is 10.2. The molecule has 0 saturated heterocycles. The Morgan fingerprint density at radius 1 is 1.40 bits per heavy atom. The van der Waals surface area contributed by atoms with E-state index in [1.165, 1.54) is 0 Å². The van der Waals surface area contributed by atoms with E-state index in [1.54, 1.807) is 18.2 Å². The Hall–Kier alpha value is -1.35. The van der Waals surface area contributed by atoms with Crippen molar-refractivity contribution in [2.24, 2.45) is 0 Å². The molecule has 4 heteroatoms. The number of aromatic nitrogens is 1. The Morgan fingerprint density at radius 2 is 2.13 bits per heavy atom. The summed E-state index contributed by atoms with van der Waals surface area (Å²) < 4.78 is 5.08. The van der Waals surface area contributed by atoms with E-state index in [0.29, 0.717) is 21.8 Å². The Balaban J connectivity index is 2.85. The Kier molecular flexibility index (Phi) is 2.49. The molecule has 1 aromatic heterocycles. The SMILES string of the molecule is CC(C)c1nc2cccc(Cl)c2c(=O)o1. The summed E-state index contributed by atoms with van der Waals surface area (Å²) in [6.07, 6.45) is 0. The van der Waals surface area contributed by atoms with Crippen molar-refractivity contribution in [3.05, 3.63) is 39.5 Å². The van der Waals surface area contributed by atoms with E-state index in [1.807, 2.05) is 13.8 Å². The highest BCUT2D eigenvalue weighted by Gasteiger charge is 2.11. The number of benzene rings is 1. The molecule has 0 amide bonds. The van der Waals surface area contributed by atoms with Gasteiger partial charge in [0.15, 0.2) is 0 Å². The number of nitrogens with zero attached hydrogens (tertiary/aromatic N) is 1. The quantitative estimate of drug-likeness (QED) is 0.747. The highest BCUT2D eigenvalue weighted by Crippen LogP contribution is 2.20. The van der Waals surface area contributed by atoms with Gasteiger partial charge in [-0.05, 0) is 12.1 Å². The van der Waals surface area contributed by atoms with Crippen molar-refractivity contribution in [1.82, 2.24) is 4.98 Å². The molecule has 2 aromatic rings. The van der Waals surface area contributed by atoms with Crippen molar-refractivity contribution in [3.63, 3.8) is 0 Å². The predicted molar refractivity (Wildman–Crippen MR) is 59.4 cm³/mol. The van der Waals surface area contributed by atoms with Crippen LogP contribution in [0.4, 0.5) is 0 Å². The van der Waals surface area contributed by atoms with Gasteiger partial charge < -0.3 is 4.42 Å². The van der Waals surface area contributed by atoms with Gasteiger partial charge >= 0.3 is 5.63 Å². The van der Waals surface area contributed by atoms with Crippen molar-refractivity contribution in [2.45, 2.75) is 19.8 Å². The molecule has 2 rings (SSSR count). The second-order valence-electron chi connectivity index (χ2n) is 3.63. The molecular formula is C11H10ClNO2. The third-order valence-corrected chi connectivity index (χ3v) is 2.43. The zero-order chi connectivity index (χ0) is 11.0. The topological polar surface area (TPSA) is 43.1 Å². The molecule has 1 heterocycles. The zero-order valence-electron chi connectivity index (χ0n) is 8.45. The minimum Gasteiger partial charge on any atom is -0.408 e. The third-order valence-electron chi connectivity index (χ3n) is 2.12. The summed E-state index contributed by atoms with van der Waals surface area (Å²) in [6, 6.07) is 5.17. The van der Waals surface area contributed by atoms with Gasteiger partial charge in [0.25, 0.3) is 0 Å². The first-order valence-electron chi connectivity index (χ1n) is 4.69. The number of halogens is 1. The summed E-state index contributed by atoms with van der Waals surface area (Å²) in [5.41, 5.74) is 0.164. The molecule has 0 atom stereocenters. The Bertz CT molecular complexity index is 560. The van der Waals surface area contributed by atoms with Crippen molar-refractivity contribution >= 4 is 22.5 Å². The maximum absolute atomic E-state index is 11.6. The molecule has 0 aliphatic carbocycles. The van der Waals surface area contributed by atoms with E-state index in [4.69, 9.17) is 16.0 Å². The van der Waals surface area contributed by atoms with Crippen LogP contribution in [0.5, 0.6) is 0 Å². The van der Waals surface area contributed by atoms with E-state index in [2.05, 4.69) is 4.98 Å². The van der Waals surface area contributed by atoms with Crippen LogP contribution in [0.25, 0.3) is 10.9 Å². The number of hydrogen-bond acceptors (Lipinski definition) is 3. The Morgan fingerprint density at radius 3 is 2.80 bits per heavy atom. The standard InChI is InChI=1S/C11H10ClNO2/c1-6(2)10-13-8-5-3-4-7(12)9(8)11(14)15-10/h3-6H,1-2H3. The number of rotatable bonds is 1. The molecule has 3 nitrogen and oxygen atoms in total. The van der Waals surface area contributed by atoms with Gasteiger partial charge in [-0.2, -0.15) is 0 Å². The van der Waals surface area contributed by atoms with Gasteiger partial charge in [0.2, 0.25) is 5.89 Å².